The Morgan fingerprint density at radius 3 is 2.77 bits per heavy atom. The highest BCUT2D eigenvalue weighted by Crippen LogP contribution is 2.35. The highest BCUT2D eigenvalue weighted by molar-refractivity contribution is 7.99. The Morgan fingerprint density at radius 1 is 1.38 bits per heavy atom. The number of nitrogens with zero attached hydrogens (tertiary/aromatic N) is 5. The SMILES string of the molecule is N#CC[n+]1ccc(SCC2=C(C(=O)O)N3C(=O)[C@@H](NC(=O)C(=NOC4CCCC4)c4cnc(N)s4)[C@H]3CO2)cc1. The molecular formula is C25H26N7O6S2+. The van der Waals surface area contributed by atoms with Crippen molar-refractivity contribution < 1.29 is 33.6 Å². The number of anilines is 1. The van der Waals surface area contributed by atoms with E-state index < -0.39 is 29.9 Å². The van der Waals surface area contributed by atoms with E-state index >= 15 is 0 Å². The molecule has 2 atom stereocenters. The van der Waals surface area contributed by atoms with Crippen molar-refractivity contribution in [1.29, 1.82) is 5.26 Å². The number of ether oxygens (including phenoxy) is 1. The van der Waals surface area contributed by atoms with Crippen LogP contribution in [-0.2, 0) is 30.5 Å². The molecule has 1 aliphatic carbocycles. The van der Waals surface area contributed by atoms with Crippen molar-refractivity contribution in [3.8, 4) is 6.07 Å². The number of aliphatic carboxylic acids is 1. The van der Waals surface area contributed by atoms with Gasteiger partial charge in [0, 0.05) is 23.2 Å². The van der Waals surface area contributed by atoms with Crippen molar-refractivity contribution >= 4 is 51.7 Å². The largest absolute Gasteiger partial charge is 0.492 e. The maximum atomic E-state index is 13.2. The molecule has 40 heavy (non-hydrogen) atoms. The molecule has 2 fully saturated rings. The van der Waals surface area contributed by atoms with E-state index in [0.29, 0.717) is 4.88 Å². The summed E-state index contributed by atoms with van der Waals surface area (Å²) in [6.45, 7) is 0.233. The molecule has 208 valence electrons. The molecular weight excluding hydrogens is 558 g/mol. The molecule has 0 aromatic carbocycles. The van der Waals surface area contributed by atoms with Crippen LogP contribution in [-0.4, -0.2) is 69.0 Å². The van der Waals surface area contributed by atoms with Crippen LogP contribution in [0, 0.1) is 11.3 Å². The zero-order valence-corrected chi connectivity index (χ0v) is 22.8. The lowest BCUT2D eigenvalue weighted by Crippen LogP contribution is -2.73. The molecule has 4 N–H and O–H groups in total. The summed E-state index contributed by atoms with van der Waals surface area (Å²) in [5.74, 6) is -2.17. The van der Waals surface area contributed by atoms with Crippen LogP contribution in [0.4, 0.5) is 5.13 Å². The molecule has 2 aromatic rings. The van der Waals surface area contributed by atoms with Gasteiger partial charge in [-0.2, -0.15) is 9.83 Å². The number of carbonyl (C=O) groups is 3. The van der Waals surface area contributed by atoms with Gasteiger partial charge in [-0.25, -0.2) is 9.78 Å². The maximum absolute atomic E-state index is 13.2. The van der Waals surface area contributed by atoms with E-state index in [1.165, 1.54) is 18.0 Å². The molecule has 3 aliphatic rings. The monoisotopic (exact) mass is 584 g/mol. The summed E-state index contributed by atoms with van der Waals surface area (Å²) in [5, 5.41) is 25.7. The molecule has 5 rings (SSSR count). The minimum Gasteiger partial charge on any atom is -0.492 e. The molecule has 2 aliphatic heterocycles. The Morgan fingerprint density at radius 2 is 2.12 bits per heavy atom. The fourth-order valence-corrected chi connectivity index (χ4v) is 6.17. The van der Waals surface area contributed by atoms with E-state index in [2.05, 4.69) is 21.5 Å². The molecule has 0 bridgehead atoms. The average molecular weight is 585 g/mol. The van der Waals surface area contributed by atoms with Gasteiger partial charge in [0.2, 0.25) is 6.54 Å². The Balaban J connectivity index is 1.28. The molecule has 0 unspecified atom stereocenters. The number of nitrogen functional groups attached to an aromatic ring is 1. The molecule has 1 saturated heterocycles. The van der Waals surface area contributed by atoms with Gasteiger partial charge in [0.05, 0.1) is 10.6 Å². The zero-order valence-electron chi connectivity index (χ0n) is 21.2. The predicted octanol–water partition coefficient (Wildman–Crippen LogP) is 1.01. The van der Waals surface area contributed by atoms with Crippen LogP contribution in [0.1, 0.15) is 30.6 Å². The summed E-state index contributed by atoms with van der Waals surface area (Å²) in [6, 6.07) is 3.98. The second-order valence-corrected chi connectivity index (χ2v) is 11.4. The number of carboxylic acid groups (broad SMARTS) is 1. The highest BCUT2D eigenvalue weighted by Gasteiger charge is 2.55. The van der Waals surface area contributed by atoms with Crippen LogP contribution >= 0.6 is 23.1 Å². The lowest BCUT2D eigenvalue weighted by atomic mass is 9.92. The summed E-state index contributed by atoms with van der Waals surface area (Å²) in [4.78, 5) is 50.5. The number of nitrogens with two attached hydrogens (primary N) is 1. The van der Waals surface area contributed by atoms with Crippen LogP contribution in [0.2, 0.25) is 0 Å². The maximum Gasteiger partial charge on any atom is 0.356 e. The number of hydrogen-bond acceptors (Lipinski definition) is 11. The first-order valence-corrected chi connectivity index (χ1v) is 14.3. The molecule has 0 spiro atoms. The number of carboxylic acids is 1. The fraction of sp³-hybridized carbons (Fsp3) is 0.400. The summed E-state index contributed by atoms with van der Waals surface area (Å²) in [5.41, 5.74) is 5.45. The highest BCUT2D eigenvalue weighted by atomic mass is 32.2. The Bertz CT molecular complexity index is 1410. The minimum atomic E-state index is -1.30. The number of carbonyl (C=O) groups excluding carboxylic acids is 2. The van der Waals surface area contributed by atoms with Crippen LogP contribution in [0.5, 0.6) is 0 Å². The number of nitriles is 1. The van der Waals surface area contributed by atoms with Gasteiger partial charge >= 0.3 is 5.97 Å². The number of oxime groups is 1. The number of hydrogen-bond donors (Lipinski definition) is 3. The van der Waals surface area contributed by atoms with Crippen LogP contribution in [0.3, 0.4) is 0 Å². The molecule has 0 radical (unpaired) electrons. The lowest BCUT2D eigenvalue weighted by molar-refractivity contribution is -0.685. The van der Waals surface area contributed by atoms with Crippen LogP contribution in [0.25, 0.3) is 0 Å². The first-order valence-electron chi connectivity index (χ1n) is 12.5. The van der Waals surface area contributed by atoms with E-state index in [1.807, 2.05) is 0 Å². The average Bonchev–Trinajstić information content (AvgIpc) is 3.63. The quantitative estimate of drug-likeness (QED) is 0.120. The normalized spacial score (nSPS) is 20.8. The van der Waals surface area contributed by atoms with Crippen molar-refractivity contribution in [2.75, 3.05) is 18.1 Å². The Kier molecular flexibility index (Phi) is 8.17. The van der Waals surface area contributed by atoms with Gasteiger partial charge in [-0.05, 0) is 25.7 Å². The van der Waals surface area contributed by atoms with Gasteiger partial charge in [0.15, 0.2) is 28.9 Å². The smallest absolute Gasteiger partial charge is 0.356 e. The van der Waals surface area contributed by atoms with Crippen molar-refractivity contribution in [1.82, 2.24) is 15.2 Å². The predicted molar refractivity (Wildman–Crippen MR) is 143 cm³/mol. The van der Waals surface area contributed by atoms with Gasteiger partial charge in [0.1, 0.15) is 36.6 Å². The summed E-state index contributed by atoms with van der Waals surface area (Å²) in [7, 11) is 0. The Hall–Kier alpha value is -4.16. The minimum absolute atomic E-state index is 0.0128. The summed E-state index contributed by atoms with van der Waals surface area (Å²) < 4.78 is 7.51. The molecule has 13 nitrogen and oxygen atoms in total. The van der Waals surface area contributed by atoms with Gasteiger partial charge < -0.3 is 25.7 Å². The van der Waals surface area contributed by atoms with Gasteiger partial charge in [-0.3, -0.25) is 14.5 Å². The second kappa shape index (κ2) is 11.9. The number of thiazole rings is 1. The Labute approximate surface area is 237 Å². The lowest BCUT2D eigenvalue weighted by Gasteiger charge is -2.49. The van der Waals surface area contributed by atoms with E-state index in [-0.39, 0.29) is 47.3 Å². The number of pyridine rings is 1. The van der Waals surface area contributed by atoms with E-state index in [9.17, 15) is 19.5 Å². The van der Waals surface area contributed by atoms with Crippen molar-refractivity contribution in [2.45, 2.75) is 55.3 Å². The van der Waals surface area contributed by atoms with E-state index in [0.717, 1.165) is 46.8 Å². The van der Waals surface area contributed by atoms with Crippen LogP contribution < -0.4 is 15.6 Å². The number of rotatable bonds is 10. The molecule has 2 aromatic heterocycles. The number of aromatic nitrogens is 2. The molecule has 2 amide bonds. The number of amides is 2. The van der Waals surface area contributed by atoms with Crippen molar-refractivity contribution in [2.24, 2.45) is 5.16 Å². The summed E-state index contributed by atoms with van der Waals surface area (Å²) in [6.07, 6.45) is 8.56. The number of thioether (sulfide) groups is 1. The first kappa shape index (κ1) is 27.4. The molecule has 4 heterocycles. The van der Waals surface area contributed by atoms with Crippen molar-refractivity contribution in [3.05, 3.63) is 47.1 Å². The van der Waals surface area contributed by atoms with Gasteiger partial charge in [-0.1, -0.05) is 16.5 Å². The topological polar surface area (TPSA) is 184 Å². The number of β-lactam (4-membered cyclic amide) rings is 1. The number of nitrogens with one attached hydrogen (secondary N) is 1. The zero-order chi connectivity index (χ0) is 28.2. The van der Waals surface area contributed by atoms with Crippen LogP contribution in [0.15, 0.2) is 52.2 Å². The van der Waals surface area contributed by atoms with Gasteiger partial charge in [-0.15, -0.1) is 11.8 Å². The summed E-state index contributed by atoms with van der Waals surface area (Å²) >= 11 is 2.41. The first-order chi connectivity index (χ1) is 19.4. The standard InChI is InChI=1S/C25H25N7O6S2/c26-7-10-31-8-5-15(6-9-31)39-13-17-21(24(35)36)32-16(12-37-17)19(23(32)34)29-22(33)20(18-11-28-25(27)40-18)30-38-14-3-1-2-4-14/h5-6,8-9,11,14,16,19H,1-4,10,12-13H2,(H3-,27,28,29,30,33,35,36)/p+1/t16-,19+/m1/s1. The number of fused-ring (bicyclic) bond motifs is 1. The van der Waals surface area contributed by atoms with E-state index in [4.69, 9.17) is 20.6 Å². The molecule has 15 heteroatoms. The van der Waals surface area contributed by atoms with Crippen molar-refractivity contribution in [3.63, 3.8) is 0 Å². The van der Waals surface area contributed by atoms with Gasteiger partial charge in [0.25, 0.3) is 11.8 Å². The third-order valence-electron chi connectivity index (χ3n) is 6.69. The second-order valence-electron chi connectivity index (χ2n) is 9.28. The fourth-order valence-electron chi connectivity index (χ4n) is 4.67. The third-order valence-corrected chi connectivity index (χ3v) is 8.54. The molecule has 1 saturated carbocycles. The third kappa shape index (κ3) is 5.73. The van der Waals surface area contributed by atoms with E-state index in [1.54, 1.807) is 29.1 Å².